The number of imide groups is 4. The number of carbonyl (C=O) groups excluding carboxylic acids is 8. The summed E-state index contributed by atoms with van der Waals surface area (Å²) in [5, 5.41) is 1.60. The molecule has 0 saturated heterocycles. The zero-order valence-electron chi connectivity index (χ0n) is 40.7. The molecule has 0 atom stereocenters. The van der Waals surface area contributed by atoms with Crippen LogP contribution >= 0.6 is 0 Å². The van der Waals surface area contributed by atoms with E-state index < -0.39 is 47.3 Å². The highest BCUT2D eigenvalue weighted by Crippen LogP contribution is 2.40. The molecule has 0 fully saturated rings. The minimum absolute atomic E-state index is 0.253. The molecule has 0 bridgehead atoms. The Morgan fingerprint density at radius 3 is 0.784 bits per heavy atom. The molecule has 12 rings (SSSR count). The maximum atomic E-state index is 13.4. The summed E-state index contributed by atoms with van der Waals surface area (Å²) in [6.45, 7) is 3.63. The molecule has 8 amide bonds. The van der Waals surface area contributed by atoms with Gasteiger partial charge in [-0.15, -0.1) is 0 Å². The van der Waals surface area contributed by atoms with Crippen molar-refractivity contribution in [2.45, 2.75) is 51.9 Å². The predicted molar refractivity (Wildman–Crippen MR) is 264 cm³/mol. The molecular formula is C54H50N12O8+2. The van der Waals surface area contributed by atoms with Crippen molar-refractivity contribution < 1.29 is 47.5 Å². The number of benzene rings is 4. The van der Waals surface area contributed by atoms with E-state index in [2.05, 4.69) is 9.97 Å². The SMILES string of the molecule is C[n+]1ccn(CCCN2C(=O)c3ccc4c5c(ccc(c35)C2=O)C(=O)N(CCCn2cc[n+](C)c2)C4=O)c1.O=C1c2ccc3c4c(ccc(c24)C(=O)N1CCCn1ccnc1)C(=O)N(CCCn1ccnc1)C3=O. The smallest absolute Gasteiger partial charge is 0.261 e. The quantitative estimate of drug-likeness (QED) is 0.100. The van der Waals surface area contributed by atoms with E-state index in [1.807, 2.05) is 91.3 Å². The van der Waals surface area contributed by atoms with Crippen molar-refractivity contribution in [3.05, 3.63) is 168 Å². The van der Waals surface area contributed by atoms with Crippen LogP contribution in [0.1, 0.15) is 109 Å². The summed E-state index contributed by atoms with van der Waals surface area (Å²) in [6, 6.07) is 12.9. The van der Waals surface area contributed by atoms with Crippen LogP contribution < -0.4 is 9.13 Å². The summed E-state index contributed by atoms with van der Waals surface area (Å²) in [7, 11) is 3.86. The summed E-state index contributed by atoms with van der Waals surface area (Å²) in [5.74, 6) is -3.24. The van der Waals surface area contributed by atoms with Gasteiger partial charge in [-0.2, -0.15) is 0 Å². The average molecular weight is 995 g/mol. The molecule has 20 nitrogen and oxygen atoms in total. The van der Waals surface area contributed by atoms with E-state index in [9.17, 15) is 38.4 Å². The molecule has 4 aromatic carbocycles. The van der Waals surface area contributed by atoms with Gasteiger partial charge < -0.3 is 9.13 Å². The average Bonchev–Trinajstić information content (AvgIpc) is 4.26. The lowest BCUT2D eigenvalue weighted by Gasteiger charge is -2.32. The van der Waals surface area contributed by atoms with Gasteiger partial charge >= 0.3 is 0 Å². The van der Waals surface area contributed by atoms with E-state index in [1.54, 1.807) is 73.6 Å². The number of aromatic nitrogens is 8. The van der Waals surface area contributed by atoms with Gasteiger partial charge in [0, 0.05) is 143 Å². The zero-order valence-corrected chi connectivity index (χ0v) is 40.7. The Bertz CT molecular complexity index is 3270. The zero-order chi connectivity index (χ0) is 51.4. The molecule has 0 radical (unpaired) electrons. The Kier molecular flexibility index (Phi) is 12.2. The van der Waals surface area contributed by atoms with Crippen molar-refractivity contribution in [1.82, 2.24) is 47.8 Å². The van der Waals surface area contributed by atoms with Gasteiger partial charge in [-0.3, -0.25) is 58.0 Å². The number of carbonyl (C=O) groups is 8. The lowest BCUT2D eigenvalue weighted by Crippen LogP contribution is -2.44. The van der Waals surface area contributed by atoms with Crippen molar-refractivity contribution in [3.8, 4) is 0 Å². The summed E-state index contributed by atoms with van der Waals surface area (Å²) in [4.78, 5) is 120. The Hall–Kier alpha value is -9.20. The normalized spacial score (nSPS) is 14.8. The summed E-state index contributed by atoms with van der Waals surface area (Å²) >= 11 is 0. The lowest BCUT2D eigenvalue weighted by atomic mass is 9.86. The first-order valence-electron chi connectivity index (χ1n) is 24.5. The summed E-state index contributed by atoms with van der Waals surface area (Å²) < 4.78 is 11.6. The van der Waals surface area contributed by atoms with Crippen molar-refractivity contribution in [2.24, 2.45) is 14.1 Å². The van der Waals surface area contributed by atoms with Crippen LogP contribution in [0.5, 0.6) is 0 Å². The van der Waals surface area contributed by atoms with Gasteiger partial charge in [-0.1, -0.05) is 0 Å². The maximum absolute atomic E-state index is 13.4. The van der Waals surface area contributed by atoms with Gasteiger partial charge in [0.2, 0.25) is 12.7 Å². The van der Waals surface area contributed by atoms with Crippen LogP contribution in [0.3, 0.4) is 0 Å². The highest BCUT2D eigenvalue weighted by Gasteiger charge is 2.41. The Balaban J connectivity index is 0.000000159. The number of nitrogens with zero attached hydrogens (tertiary/aromatic N) is 12. The Labute approximate surface area is 422 Å². The minimum Gasteiger partial charge on any atom is -0.337 e. The van der Waals surface area contributed by atoms with Crippen LogP contribution in [0, 0.1) is 0 Å². The monoisotopic (exact) mass is 994 g/mol. The van der Waals surface area contributed by atoms with Gasteiger partial charge in [0.25, 0.3) is 47.3 Å². The summed E-state index contributed by atoms with van der Waals surface area (Å²) in [6.07, 6.45) is 24.4. The molecule has 0 saturated carbocycles. The van der Waals surface area contributed by atoms with E-state index in [0.717, 1.165) is 0 Å². The van der Waals surface area contributed by atoms with Crippen LogP contribution in [-0.4, -0.2) is 121 Å². The number of rotatable bonds is 16. The molecule has 8 aromatic rings. The van der Waals surface area contributed by atoms with Gasteiger partial charge in [0.05, 0.1) is 39.8 Å². The first kappa shape index (κ1) is 47.1. The minimum atomic E-state index is -0.413. The fourth-order valence-electron chi connectivity index (χ4n) is 10.5. The van der Waals surface area contributed by atoms with E-state index in [1.165, 1.54) is 19.6 Å². The van der Waals surface area contributed by atoms with Crippen LogP contribution in [0.4, 0.5) is 0 Å². The summed E-state index contributed by atoms with van der Waals surface area (Å²) in [5.41, 5.74) is 2.74. The maximum Gasteiger partial charge on any atom is 0.261 e. The van der Waals surface area contributed by atoms with Crippen molar-refractivity contribution in [2.75, 3.05) is 26.2 Å². The molecule has 4 aliphatic rings. The van der Waals surface area contributed by atoms with Crippen LogP contribution in [0.25, 0.3) is 21.5 Å². The Morgan fingerprint density at radius 2 is 0.581 bits per heavy atom. The Morgan fingerprint density at radius 1 is 0.338 bits per heavy atom. The molecule has 4 aliphatic heterocycles. The van der Waals surface area contributed by atoms with E-state index in [4.69, 9.17) is 0 Å². The first-order chi connectivity index (χ1) is 35.9. The third-order valence-electron chi connectivity index (χ3n) is 14.1. The van der Waals surface area contributed by atoms with Crippen LogP contribution in [0.2, 0.25) is 0 Å². The molecule has 74 heavy (non-hydrogen) atoms. The van der Waals surface area contributed by atoms with Crippen LogP contribution in [0.15, 0.2) is 123 Å². The number of amides is 8. The second kappa shape index (κ2) is 19.1. The van der Waals surface area contributed by atoms with Crippen molar-refractivity contribution in [3.63, 3.8) is 0 Å². The molecule has 20 heteroatoms. The molecule has 372 valence electrons. The molecule has 0 spiro atoms. The fourth-order valence-corrected chi connectivity index (χ4v) is 10.5. The molecule has 0 aliphatic carbocycles. The molecule has 0 unspecified atom stereocenters. The number of aryl methyl sites for hydroxylation is 6. The first-order valence-corrected chi connectivity index (χ1v) is 24.5. The van der Waals surface area contributed by atoms with E-state index in [0.29, 0.717) is 118 Å². The standard InChI is InChI=1S/C28H28N6O4.C26H22N6O4/c1-29-13-15-31(17-29)9-3-11-33-25(35)19-5-7-21-24-22(8-6-20(23(19)24)26(33)36)28(38)34(27(21)37)12-4-10-32-16-14-30(2)18-32;33-23-17-3-5-19-22-20(26(36)32(25(19)35)12-2-10-30-14-8-28-16-30)6-4-18(21(17)22)24(34)31(23)11-1-9-29-13-7-27-15-29/h5-8,13-18H,3-4,9-12H2,1-2H3;3-8,13-16H,1-2,9-12H2/q+2;. The highest BCUT2D eigenvalue weighted by molar-refractivity contribution is 6.34. The second-order valence-corrected chi connectivity index (χ2v) is 18.8. The van der Waals surface area contributed by atoms with Gasteiger partial charge in [0.15, 0.2) is 0 Å². The van der Waals surface area contributed by atoms with Gasteiger partial charge in [-0.25, -0.2) is 28.2 Å². The number of hydrogen-bond acceptors (Lipinski definition) is 10. The third kappa shape index (κ3) is 8.22. The molecular weight excluding hydrogens is 945 g/mol. The number of hydrogen-bond donors (Lipinski definition) is 0. The topological polar surface area (TPSA) is 203 Å². The molecule has 4 aromatic heterocycles. The molecule has 8 heterocycles. The predicted octanol–water partition coefficient (Wildman–Crippen LogP) is 4.07. The van der Waals surface area contributed by atoms with E-state index in [-0.39, 0.29) is 26.2 Å². The number of imidazole rings is 4. The van der Waals surface area contributed by atoms with Crippen molar-refractivity contribution in [1.29, 1.82) is 0 Å². The largest absolute Gasteiger partial charge is 0.337 e. The van der Waals surface area contributed by atoms with Crippen LogP contribution in [-0.2, 0) is 40.3 Å². The second-order valence-electron chi connectivity index (χ2n) is 18.8. The third-order valence-corrected chi connectivity index (χ3v) is 14.1. The lowest BCUT2D eigenvalue weighted by molar-refractivity contribution is -0.671. The van der Waals surface area contributed by atoms with E-state index >= 15 is 0 Å². The highest BCUT2D eigenvalue weighted by atomic mass is 16.2. The van der Waals surface area contributed by atoms with Gasteiger partial charge in [0.1, 0.15) is 24.8 Å². The fraction of sp³-hybridized carbons (Fsp3) is 0.259. The molecule has 0 N–H and O–H groups in total. The van der Waals surface area contributed by atoms with Gasteiger partial charge in [-0.05, 0) is 61.4 Å². The van der Waals surface area contributed by atoms with Crippen molar-refractivity contribution >= 4 is 68.8 Å².